The van der Waals surface area contributed by atoms with Crippen LogP contribution < -0.4 is 10.6 Å². The number of aryl methyl sites for hydroxylation is 1. The van der Waals surface area contributed by atoms with Crippen LogP contribution in [0, 0.1) is 6.92 Å². The number of carbonyl (C=O) groups excluding carboxylic acids is 2. The van der Waals surface area contributed by atoms with Gasteiger partial charge in [0.1, 0.15) is 11.5 Å². The lowest BCUT2D eigenvalue weighted by Crippen LogP contribution is -2.15. The molecule has 0 spiro atoms. The molecule has 3 aromatic heterocycles. The van der Waals surface area contributed by atoms with Gasteiger partial charge in [-0.2, -0.15) is 13.2 Å². The average molecular weight is 491 g/mol. The number of amides is 2. The Kier molecular flexibility index (Phi) is 6.77. The summed E-state index contributed by atoms with van der Waals surface area (Å²) in [5.74, 6) is -0.511. The Balaban J connectivity index is 1.62. The number of carbonyl (C=O) groups is 2. The van der Waals surface area contributed by atoms with E-state index in [-0.39, 0.29) is 11.5 Å². The monoisotopic (exact) mass is 491 g/mol. The lowest BCUT2D eigenvalue weighted by molar-refractivity contribution is -0.141. The van der Waals surface area contributed by atoms with Crippen LogP contribution >= 0.6 is 0 Å². The summed E-state index contributed by atoms with van der Waals surface area (Å²) in [5.41, 5.74) is 2.96. The van der Waals surface area contributed by atoms with Crippen LogP contribution in [0.1, 0.15) is 28.7 Å². The molecule has 0 fully saturated rings. The summed E-state index contributed by atoms with van der Waals surface area (Å²) in [6.45, 7) is 3.22. The Labute approximate surface area is 204 Å². The molecule has 0 unspecified atom stereocenters. The maximum atomic E-state index is 13.0. The molecule has 0 saturated heterocycles. The standard InChI is InChI=1S/C26H20F3N5O2/c1-15-22(19-5-3-4-17(10-19)18-6-9-31-24(12-18)33-16(2)35)13-21(14-32-15)34-25(36)20-7-8-30-23(11-20)26(27,28)29/h3-14H,1-2H3,(H,34,36)(H,31,33,35). The molecule has 4 rings (SSSR count). The Hall–Kier alpha value is -4.60. The first-order valence-electron chi connectivity index (χ1n) is 10.8. The maximum Gasteiger partial charge on any atom is 0.433 e. The fourth-order valence-corrected chi connectivity index (χ4v) is 3.55. The highest BCUT2D eigenvalue weighted by Gasteiger charge is 2.33. The molecule has 0 atom stereocenters. The second-order valence-electron chi connectivity index (χ2n) is 7.93. The van der Waals surface area contributed by atoms with E-state index in [4.69, 9.17) is 0 Å². The predicted octanol–water partition coefficient (Wildman–Crippen LogP) is 5.74. The maximum absolute atomic E-state index is 13.0. The minimum Gasteiger partial charge on any atom is -0.321 e. The zero-order valence-electron chi connectivity index (χ0n) is 19.2. The van der Waals surface area contributed by atoms with Crippen LogP contribution in [0.5, 0.6) is 0 Å². The summed E-state index contributed by atoms with van der Waals surface area (Å²) in [4.78, 5) is 35.7. The van der Waals surface area contributed by atoms with Crippen LogP contribution in [0.3, 0.4) is 0 Å². The van der Waals surface area contributed by atoms with Crippen LogP contribution in [0.15, 0.2) is 73.2 Å². The number of nitrogens with zero attached hydrogens (tertiary/aromatic N) is 3. The number of alkyl halides is 3. The third-order valence-corrected chi connectivity index (χ3v) is 5.23. The molecule has 7 nitrogen and oxygen atoms in total. The summed E-state index contributed by atoms with van der Waals surface area (Å²) in [6, 6.07) is 14.8. The summed E-state index contributed by atoms with van der Waals surface area (Å²) in [7, 11) is 0. The van der Waals surface area contributed by atoms with Gasteiger partial charge in [0, 0.05) is 36.1 Å². The summed E-state index contributed by atoms with van der Waals surface area (Å²) in [6.07, 6.45) is -0.676. The molecular formula is C26H20F3N5O2. The van der Waals surface area contributed by atoms with Crippen LogP contribution in [-0.4, -0.2) is 26.8 Å². The van der Waals surface area contributed by atoms with Crippen LogP contribution in [0.4, 0.5) is 24.7 Å². The summed E-state index contributed by atoms with van der Waals surface area (Å²) < 4.78 is 38.9. The number of halogens is 3. The number of anilines is 2. The van der Waals surface area contributed by atoms with Crippen molar-refractivity contribution in [3.63, 3.8) is 0 Å². The third-order valence-electron chi connectivity index (χ3n) is 5.23. The first-order valence-corrected chi connectivity index (χ1v) is 10.8. The highest BCUT2D eigenvalue weighted by molar-refractivity contribution is 6.04. The predicted molar refractivity (Wildman–Crippen MR) is 129 cm³/mol. The van der Waals surface area contributed by atoms with Crippen molar-refractivity contribution in [2.75, 3.05) is 10.6 Å². The van der Waals surface area contributed by atoms with Crippen molar-refractivity contribution in [3.8, 4) is 22.3 Å². The van der Waals surface area contributed by atoms with E-state index in [1.165, 1.54) is 19.2 Å². The molecule has 0 bridgehead atoms. The van der Waals surface area contributed by atoms with Gasteiger partial charge in [-0.05, 0) is 60.0 Å². The summed E-state index contributed by atoms with van der Waals surface area (Å²) >= 11 is 0. The lowest BCUT2D eigenvalue weighted by Gasteiger charge is -2.12. The molecule has 182 valence electrons. The van der Waals surface area contributed by atoms with Gasteiger partial charge in [0.05, 0.1) is 11.9 Å². The third kappa shape index (κ3) is 5.72. The Bertz CT molecular complexity index is 1450. The molecule has 0 saturated carbocycles. The molecule has 0 aliphatic carbocycles. The van der Waals surface area contributed by atoms with Crippen molar-refractivity contribution in [1.82, 2.24) is 15.0 Å². The Morgan fingerprint density at radius 3 is 2.31 bits per heavy atom. The lowest BCUT2D eigenvalue weighted by atomic mass is 9.98. The smallest absolute Gasteiger partial charge is 0.321 e. The van der Waals surface area contributed by atoms with Gasteiger partial charge < -0.3 is 10.6 Å². The SMILES string of the molecule is CC(=O)Nc1cc(-c2cccc(-c3cc(NC(=O)c4ccnc(C(F)(F)F)c4)cnc3C)c2)ccn1. The van der Waals surface area contributed by atoms with Gasteiger partial charge in [-0.3, -0.25) is 19.6 Å². The average Bonchev–Trinajstić information content (AvgIpc) is 2.84. The minimum atomic E-state index is -4.66. The fourth-order valence-electron chi connectivity index (χ4n) is 3.55. The second-order valence-corrected chi connectivity index (χ2v) is 7.93. The van der Waals surface area contributed by atoms with Crippen molar-refractivity contribution in [3.05, 3.63) is 90.1 Å². The van der Waals surface area contributed by atoms with Gasteiger partial charge in [-0.15, -0.1) is 0 Å². The number of hydrogen-bond acceptors (Lipinski definition) is 5. The van der Waals surface area contributed by atoms with E-state index in [2.05, 4.69) is 25.6 Å². The number of pyridine rings is 3. The van der Waals surface area contributed by atoms with Crippen molar-refractivity contribution >= 4 is 23.3 Å². The normalized spacial score (nSPS) is 11.1. The number of hydrogen-bond donors (Lipinski definition) is 2. The van der Waals surface area contributed by atoms with E-state index in [9.17, 15) is 22.8 Å². The van der Waals surface area contributed by atoms with Gasteiger partial charge in [0.15, 0.2) is 0 Å². The van der Waals surface area contributed by atoms with Crippen molar-refractivity contribution in [2.45, 2.75) is 20.0 Å². The highest BCUT2D eigenvalue weighted by Crippen LogP contribution is 2.31. The van der Waals surface area contributed by atoms with Crippen molar-refractivity contribution in [1.29, 1.82) is 0 Å². The van der Waals surface area contributed by atoms with Gasteiger partial charge in [0.25, 0.3) is 5.91 Å². The molecule has 2 N–H and O–H groups in total. The Morgan fingerprint density at radius 2 is 1.56 bits per heavy atom. The van der Waals surface area contributed by atoms with E-state index < -0.39 is 17.8 Å². The van der Waals surface area contributed by atoms with E-state index >= 15 is 0 Å². The van der Waals surface area contributed by atoms with E-state index in [1.54, 1.807) is 18.3 Å². The topological polar surface area (TPSA) is 96.9 Å². The van der Waals surface area contributed by atoms with Gasteiger partial charge in [-0.1, -0.05) is 18.2 Å². The summed E-state index contributed by atoms with van der Waals surface area (Å²) in [5, 5.41) is 5.26. The number of nitrogens with one attached hydrogen (secondary N) is 2. The van der Waals surface area contributed by atoms with Crippen LogP contribution in [-0.2, 0) is 11.0 Å². The molecule has 0 radical (unpaired) electrons. The highest BCUT2D eigenvalue weighted by atomic mass is 19.4. The van der Waals surface area contributed by atoms with Crippen LogP contribution in [0.25, 0.3) is 22.3 Å². The Morgan fingerprint density at radius 1 is 0.833 bits per heavy atom. The van der Waals surface area contributed by atoms with E-state index in [1.807, 2.05) is 37.3 Å². The minimum absolute atomic E-state index is 0.172. The number of benzene rings is 1. The van der Waals surface area contributed by atoms with Gasteiger partial charge in [0.2, 0.25) is 5.91 Å². The van der Waals surface area contributed by atoms with Gasteiger partial charge in [-0.25, -0.2) is 4.98 Å². The van der Waals surface area contributed by atoms with Gasteiger partial charge >= 0.3 is 6.18 Å². The van der Waals surface area contributed by atoms with Crippen LogP contribution in [0.2, 0.25) is 0 Å². The second kappa shape index (κ2) is 9.95. The quantitative estimate of drug-likeness (QED) is 0.371. The molecule has 0 aliphatic heterocycles. The first kappa shape index (κ1) is 24.5. The molecule has 4 aromatic rings. The zero-order chi connectivity index (χ0) is 25.9. The fraction of sp³-hybridized carbons (Fsp3) is 0.115. The number of aromatic nitrogens is 3. The van der Waals surface area contributed by atoms with E-state index in [0.29, 0.717) is 23.3 Å². The molecule has 3 heterocycles. The molecule has 10 heteroatoms. The first-order chi connectivity index (χ1) is 17.1. The number of rotatable bonds is 5. The molecule has 36 heavy (non-hydrogen) atoms. The van der Waals surface area contributed by atoms with E-state index in [0.717, 1.165) is 28.5 Å². The molecule has 1 aromatic carbocycles. The largest absolute Gasteiger partial charge is 0.433 e. The van der Waals surface area contributed by atoms with Crippen molar-refractivity contribution in [2.24, 2.45) is 0 Å². The molecule has 2 amide bonds. The molecular weight excluding hydrogens is 471 g/mol. The zero-order valence-corrected chi connectivity index (χ0v) is 19.2. The molecule has 0 aliphatic rings. The van der Waals surface area contributed by atoms with Crippen molar-refractivity contribution < 1.29 is 22.8 Å².